The van der Waals surface area contributed by atoms with Crippen molar-refractivity contribution in [3.05, 3.63) is 77.1 Å². The second-order valence-corrected chi connectivity index (χ2v) is 6.35. The number of likely N-dealkylation sites (N-methyl/N-ethyl adjacent to an activating group) is 1. The number of anilines is 1. The highest BCUT2D eigenvalue weighted by molar-refractivity contribution is 5.70. The third-order valence-corrected chi connectivity index (χ3v) is 4.60. The summed E-state index contributed by atoms with van der Waals surface area (Å²) in [5.41, 5.74) is 6.63. The van der Waals surface area contributed by atoms with Crippen LogP contribution in [0.5, 0.6) is 0 Å². The Bertz CT molecular complexity index is 669. The summed E-state index contributed by atoms with van der Waals surface area (Å²) >= 11 is 0. The van der Waals surface area contributed by atoms with Crippen molar-refractivity contribution in [2.45, 2.75) is 40.0 Å². The molecule has 1 aromatic rings. The molecule has 0 amide bonds. The zero-order chi connectivity index (χ0) is 16.3. The van der Waals surface area contributed by atoms with E-state index < -0.39 is 0 Å². The van der Waals surface area contributed by atoms with Gasteiger partial charge in [0.15, 0.2) is 0 Å². The van der Waals surface area contributed by atoms with Crippen LogP contribution in [-0.2, 0) is 5.41 Å². The molecule has 0 spiro atoms. The number of para-hydroxylation sites is 1. The second kappa shape index (κ2) is 6.39. The van der Waals surface area contributed by atoms with Crippen molar-refractivity contribution in [3.63, 3.8) is 0 Å². The van der Waals surface area contributed by atoms with Gasteiger partial charge in [-0.3, -0.25) is 0 Å². The molecule has 1 nitrogen and oxygen atoms in total. The highest BCUT2D eigenvalue weighted by atomic mass is 15.2. The Balaban J connectivity index is 2.49. The molecule has 1 aromatic carbocycles. The first-order valence-corrected chi connectivity index (χ1v) is 7.95. The van der Waals surface area contributed by atoms with Gasteiger partial charge in [-0.2, -0.15) is 0 Å². The van der Waals surface area contributed by atoms with E-state index in [9.17, 15) is 0 Å². The third-order valence-electron chi connectivity index (χ3n) is 4.60. The van der Waals surface area contributed by atoms with Crippen molar-refractivity contribution >= 4 is 5.69 Å². The molecule has 0 aliphatic carbocycles. The topological polar surface area (TPSA) is 3.24 Å². The number of hydrogen-bond donors (Lipinski definition) is 0. The number of rotatable bonds is 3. The minimum atomic E-state index is 0.0344. The fraction of sp³-hybridized carbons (Fsp3) is 0.333. The lowest BCUT2D eigenvalue weighted by Gasteiger charge is -2.23. The van der Waals surface area contributed by atoms with Crippen LogP contribution in [0.3, 0.4) is 0 Å². The molecule has 0 unspecified atom stereocenters. The van der Waals surface area contributed by atoms with Gasteiger partial charge in [-0.25, -0.2) is 0 Å². The maximum absolute atomic E-state index is 2.31. The molecule has 1 aliphatic rings. The van der Waals surface area contributed by atoms with Gasteiger partial charge in [0.05, 0.1) is 0 Å². The minimum Gasteiger partial charge on any atom is -0.347 e. The van der Waals surface area contributed by atoms with Crippen LogP contribution in [0.2, 0.25) is 0 Å². The summed E-state index contributed by atoms with van der Waals surface area (Å²) in [7, 11) is 2.16. The van der Waals surface area contributed by atoms with Crippen LogP contribution in [0.15, 0.2) is 71.5 Å². The average molecular weight is 293 g/mol. The van der Waals surface area contributed by atoms with Gasteiger partial charge in [-0.05, 0) is 49.6 Å². The molecule has 22 heavy (non-hydrogen) atoms. The van der Waals surface area contributed by atoms with Crippen molar-refractivity contribution < 1.29 is 0 Å². The van der Waals surface area contributed by atoms with E-state index in [2.05, 4.69) is 101 Å². The van der Waals surface area contributed by atoms with E-state index in [1.165, 1.54) is 28.1 Å². The van der Waals surface area contributed by atoms with Crippen molar-refractivity contribution in [3.8, 4) is 0 Å². The Morgan fingerprint density at radius 3 is 2.41 bits per heavy atom. The molecule has 0 N–H and O–H groups in total. The van der Waals surface area contributed by atoms with Gasteiger partial charge in [0.2, 0.25) is 0 Å². The SMILES string of the molecule is C\C=C/C(=C\C=C1\N(C)c2ccccc2C1(C)C)C(/C)=C\C. The maximum atomic E-state index is 2.31. The van der Waals surface area contributed by atoms with Crippen molar-refractivity contribution in [1.82, 2.24) is 0 Å². The third kappa shape index (κ3) is 2.81. The molecule has 2 rings (SSSR count). The first-order chi connectivity index (χ1) is 10.4. The Morgan fingerprint density at radius 2 is 1.82 bits per heavy atom. The molecule has 1 aliphatic heterocycles. The smallest absolute Gasteiger partial charge is 0.0447 e. The minimum absolute atomic E-state index is 0.0344. The van der Waals surface area contributed by atoms with Gasteiger partial charge in [-0.1, -0.05) is 56.4 Å². The van der Waals surface area contributed by atoms with Crippen LogP contribution in [0.1, 0.15) is 40.2 Å². The van der Waals surface area contributed by atoms with E-state index in [0.717, 1.165) is 0 Å². The molecule has 0 atom stereocenters. The van der Waals surface area contributed by atoms with Gasteiger partial charge in [-0.15, -0.1) is 0 Å². The summed E-state index contributed by atoms with van der Waals surface area (Å²) in [5, 5.41) is 0. The highest BCUT2D eigenvalue weighted by Gasteiger charge is 2.37. The Morgan fingerprint density at radius 1 is 1.14 bits per heavy atom. The first-order valence-electron chi connectivity index (χ1n) is 7.95. The fourth-order valence-corrected chi connectivity index (χ4v) is 3.14. The largest absolute Gasteiger partial charge is 0.347 e. The van der Waals surface area contributed by atoms with E-state index in [4.69, 9.17) is 0 Å². The predicted molar refractivity (Wildman–Crippen MR) is 98.3 cm³/mol. The predicted octanol–water partition coefficient (Wildman–Crippen LogP) is 5.77. The molecule has 1 heteroatoms. The molecule has 0 bridgehead atoms. The zero-order valence-electron chi connectivity index (χ0n) is 14.6. The summed E-state index contributed by atoms with van der Waals surface area (Å²) in [4.78, 5) is 2.31. The van der Waals surface area contributed by atoms with E-state index >= 15 is 0 Å². The van der Waals surface area contributed by atoms with Crippen LogP contribution >= 0.6 is 0 Å². The first kappa shape index (κ1) is 16.4. The lowest BCUT2D eigenvalue weighted by molar-refractivity contribution is 0.640. The lowest BCUT2D eigenvalue weighted by Crippen LogP contribution is -2.22. The van der Waals surface area contributed by atoms with Crippen LogP contribution < -0.4 is 4.90 Å². The standard InChI is InChI=1S/C21H27N/c1-7-11-17(16(3)8-2)14-15-20-21(4,5)18-12-9-10-13-19(18)22(20)6/h7-15H,1-6H3/b11-7-,16-8-,17-14+,20-15+. The van der Waals surface area contributed by atoms with E-state index in [1.54, 1.807) is 0 Å². The normalized spacial score (nSPS) is 20.1. The summed E-state index contributed by atoms with van der Waals surface area (Å²) < 4.78 is 0. The van der Waals surface area contributed by atoms with E-state index in [-0.39, 0.29) is 5.41 Å². The van der Waals surface area contributed by atoms with Gasteiger partial charge >= 0.3 is 0 Å². The van der Waals surface area contributed by atoms with Gasteiger partial charge in [0.25, 0.3) is 0 Å². The number of hydrogen-bond acceptors (Lipinski definition) is 1. The lowest BCUT2D eigenvalue weighted by atomic mass is 9.83. The summed E-state index contributed by atoms with van der Waals surface area (Å²) in [5.74, 6) is 0. The van der Waals surface area contributed by atoms with Gasteiger partial charge in [0, 0.05) is 23.8 Å². The molecule has 0 saturated heterocycles. The summed E-state index contributed by atoms with van der Waals surface area (Å²) in [6, 6.07) is 8.67. The average Bonchev–Trinajstić information content (AvgIpc) is 2.71. The highest BCUT2D eigenvalue weighted by Crippen LogP contribution is 2.46. The van der Waals surface area contributed by atoms with Gasteiger partial charge in [0.1, 0.15) is 0 Å². The quantitative estimate of drug-likeness (QED) is 0.640. The van der Waals surface area contributed by atoms with E-state index in [1.807, 2.05) is 0 Å². The molecule has 0 saturated carbocycles. The van der Waals surface area contributed by atoms with Crippen LogP contribution in [-0.4, -0.2) is 7.05 Å². The molecule has 0 radical (unpaired) electrons. The van der Waals surface area contributed by atoms with Crippen molar-refractivity contribution in [2.24, 2.45) is 0 Å². The zero-order valence-corrected chi connectivity index (χ0v) is 14.6. The monoisotopic (exact) mass is 293 g/mol. The Labute approximate surface area is 135 Å². The van der Waals surface area contributed by atoms with Crippen LogP contribution in [0.4, 0.5) is 5.69 Å². The second-order valence-electron chi connectivity index (χ2n) is 6.35. The summed E-state index contributed by atoms with van der Waals surface area (Å²) in [6.45, 7) is 10.9. The fourth-order valence-electron chi connectivity index (χ4n) is 3.14. The van der Waals surface area contributed by atoms with Crippen LogP contribution in [0.25, 0.3) is 0 Å². The van der Waals surface area contributed by atoms with E-state index in [0.29, 0.717) is 0 Å². The molecule has 116 valence electrons. The molecule has 0 aromatic heterocycles. The Kier molecular flexibility index (Phi) is 4.75. The van der Waals surface area contributed by atoms with Gasteiger partial charge < -0.3 is 4.90 Å². The summed E-state index contributed by atoms with van der Waals surface area (Å²) in [6.07, 6.45) is 10.9. The maximum Gasteiger partial charge on any atom is 0.0447 e. The molecule has 1 heterocycles. The van der Waals surface area contributed by atoms with Crippen LogP contribution in [0, 0.1) is 0 Å². The molecular weight excluding hydrogens is 266 g/mol. The number of fused-ring (bicyclic) bond motifs is 1. The molecular formula is C21H27N. The van der Waals surface area contributed by atoms with Crippen molar-refractivity contribution in [1.29, 1.82) is 0 Å². The number of allylic oxidation sites excluding steroid dienone is 8. The number of benzene rings is 1. The number of nitrogens with zero attached hydrogens (tertiary/aromatic N) is 1. The van der Waals surface area contributed by atoms with Crippen molar-refractivity contribution in [2.75, 3.05) is 11.9 Å². The Hall–Kier alpha value is -2.02. The molecule has 0 fully saturated rings.